The number of fused-ring (bicyclic) bond motifs is 1. The number of anilines is 1. The molecule has 2 aliphatic heterocycles. The number of hydrogen-bond acceptors (Lipinski definition) is 6. The largest absolute Gasteiger partial charge is 0.355 e. The third-order valence-electron chi connectivity index (χ3n) is 6.71. The van der Waals surface area contributed by atoms with Gasteiger partial charge in [0.15, 0.2) is 0 Å². The molecule has 32 heavy (non-hydrogen) atoms. The van der Waals surface area contributed by atoms with E-state index in [9.17, 15) is 9.59 Å². The van der Waals surface area contributed by atoms with Crippen molar-refractivity contribution in [1.29, 1.82) is 0 Å². The molecule has 6 nitrogen and oxygen atoms in total. The minimum absolute atomic E-state index is 0.0733. The first-order chi connectivity index (χ1) is 15.4. The number of carbonyl (C=O) groups excluding carboxylic acids is 1. The molecule has 5 rings (SSSR count). The predicted octanol–water partition coefficient (Wildman–Crippen LogP) is 4.32. The van der Waals surface area contributed by atoms with Crippen molar-refractivity contribution in [3.63, 3.8) is 0 Å². The molecule has 1 aliphatic carbocycles. The Hall–Kier alpha value is -2.19. The van der Waals surface area contributed by atoms with Gasteiger partial charge in [-0.15, -0.1) is 0 Å². The van der Waals surface area contributed by atoms with Crippen molar-refractivity contribution in [1.82, 2.24) is 14.3 Å². The summed E-state index contributed by atoms with van der Waals surface area (Å²) in [7, 11) is 0. The predicted molar refractivity (Wildman–Crippen MR) is 134 cm³/mol. The highest BCUT2D eigenvalue weighted by Gasteiger charge is 2.38. The summed E-state index contributed by atoms with van der Waals surface area (Å²) in [6, 6.07) is 5.75. The Kier molecular flexibility index (Phi) is 5.84. The highest BCUT2D eigenvalue weighted by Crippen LogP contribution is 2.38. The van der Waals surface area contributed by atoms with Gasteiger partial charge in [-0.3, -0.25) is 18.9 Å². The van der Waals surface area contributed by atoms with Gasteiger partial charge >= 0.3 is 0 Å². The van der Waals surface area contributed by atoms with Crippen LogP contribution in [0.3, 0.4) is 0 Å². The molecule has 0 bridgehead atoms. The van der Waals surface area contributed by atoms with Crippen LogP contribution in [0.5, 0.6) is 0 Å². The maximum Gasteiger partial charge on any atom is 0.267 e. The molecule has 0 unspecified atom stereocenters. The molecule has 0 N–H and O–H groups in total. The van der Waals surface area contributed by atoms with Gasteiger partial charge in [-0.2, -0.15) is 0 Å². The minimum atomic E-state index is -0.150. The van der Waals surface area contributed by atoms with Gasteiger partial charge in [-0.25, -0.2) is 4.98 Å². The Morgan fingerprint density at radius 1 is 1.12 bits per heavy atom. The average molecular weight is 469 g/mol. The van der Waals surface area contributed by atoms with E-state index in [1.165, 1.54) is 18.2 Å². The normalized spacial score (nSPS) is 26.1. The van der Waals surface area contributed by atoms with Crippen molar-refractivity contribution in [2.45, 2.75) is 52.0 Å². The Labute approximate surface area is 197 Å². The molecule has 0 spiro atoms. The number of piperidine rings is 1. The standard InChI is InChI=1S/C24H28N4O2S2/c1-15-11-16(2)14-26(13-15)21-18(22(29)27-10-6-5-9-20(27)25-21)12-19-23(30)28(24(31)32-19)17-7-3-4-8-17/h5-6,9-10,12,15-17H,3-4,7-8,11,13-14H2,1-2H3/b19-12-/t15-,16+. The maximum absolute atomic E-state index is 13.6. The van der Waals surface area contributed by atoms with Gasteiger partial charge in [-0.05, 0) is 49.3 Å². The number of hydrogen-bond donors (Lipinski definition) is 0. The molecule has 168 valence electrons. The number of carbonyl (C=O) groups is 1. The molecule has 0 radical (unpaired) electrons. The maximum atomic E-state index is 13.6. The van der Waals surface area contributed by atoms with Gasteiger partial charge < -0.3 is 4.90 Å². The van der Waals surface area contributed by atoms with E-state index < -0.39 is 0 Å². The number of pyridine rings is 1. The Morgan fingerprint density at radius 3 is 2.56 bits per heavy atom. The van der Waals surface area contributed by atoms with Gasteiger partial charge in [0.25, 0.3) is 11.5 Å². The van der Waals surface area contributed by atoms with Crippen LogP contribution in [0.4, 0.5) is 5.82 Å². The van der Waals surface area contributed by atoms with Crippen molar-refractivity contribution < 1.29 is 4.79 Å². The lowest BCUT2D eigenvalue weighted by molar-refractivity contribution is -0.123. The van der Waals surface area contributed by atoms with Crippen LogP contribution in [-0.4, -0.2) is 43.6 Å². The van der Waals surface area contributed by atoms with Crippen LogP contribution < -0.4 is 10.5 Å². The molecule has 4 heterocycles. The summed E-state index contributed by atoms with van der Waals surface area (Å²) in [5.74, 6) is 1.63. The van der Waals surface area contributed by atoms with E-state index in [1.807, 2.05) is 18.2 Å². The van der Waals surface area contributed by atoms with Gasteiger partial charge in [-0.1, -0.05) is 56.7 Å². The monoisotopic (exact) mass is 468 g/mol. The van der Waals surface area contributed by atoms with Gasteiger partial charge in [0.05, 0.1) is 10.5 Å². The molecule has 1 saturated carbocycles. The molecule has 1 amide bonds. The van der Waals surface area contributed by atoms with Crippen molar-refractivity contribution in [2.24, 2.45) is 11.8 Å². The van der Waals surface area contributed by atoms with E-state index in [2.05, 4.69) is 18.7 Å². The number of rotatable bonds is 3. The van der Waals surface area contributed by atoms with Crippen molar-refractivity contribution in [2.75, 3.05) is 18.0 Å². The van der Waals surface area contributed by atoms with Crippen LogP contribution in [0, 0.1) is 11.8 Å². The second kappa shape index (κ2) is 8.63. The van der Waals surface area contributed by atoms with Crippen LogP contribution in [0.2, 0.25) is 0 Å². The average Bonchev–Trinajstić information content (AvgIpc) is 3.37. The van der Waals surface area contributed by atoms with Crippen molar-refractivity contribution >= 4 is 51.7 Å². The lowest BCUT2D eigenvalue weighted by atomic mass is 9.91. The lowest BCUT2D eigenvalue weighted by Crippen LogP contribution is -2.40. The Balaban J connectivity index is 1.61. The van der Waals surface area contributed by atoms with E-state index in [-0.39, 0.29) is 17.5 Å². The van der Waals surface area contributed by atoms with E-state index >= 15 is 0 Å². The highest BCUT2D eigenvalue weighted by molar-refractivity contribution is 8.26. The molecule has 3 aliphatic rings. The van der Waals surface area contributed by atoms with Crippen LogP contribution in [0.15, 0.2) is 34.1 Å². The third-order valence-corrected chi connectivity index (χ3v) is 8.04. The van der Waals surface area contributed by atoms with Crippen LogP contribution in [0.1, 0.15) is 51.5 Å². The molecule has 0 aromatic carbocycles. The lowest BCUT2D eigenvalue weighted by Gasteiger charge is -2.36. The molecular formula is C24H28N4O2S2. The van der Waals surface area contributed by atoms with Crippen molar-refractivity contribution in [3.05, 3.63) is 45.2 Å². The van der Waals surface area contributed by atoms with E-state index in [0.29, 0.717) is 38.1 Å². The zero-order valence-corrected chi connectivity index (χ0v) is 20.1. The number of amides is 1. The van der Waals surface area contributed by atoms with E-state index in [0.717, 1.165) is 38.8 Å². The third kappa shape index (κ3) is 3.88. The first-order valence-electron chi connectivity index (χ1n) is 11.5. The molecular weight excluding hydrogens is 440 g/mol. The molecule has 2 saturated heterocycles. The summed E-state index contributed by atoms with van der Waals surface area (Å²) in [5, 5.41) is 0. The molecule has 2 aromatic rings. The minimum Gasteiger partial charge on any atom is -0.355 e. The number of aromatic nitrogens is 2. The summed E-state index contributed by atoms with van der Waals surface area (Å²) in [6.45, 7) is 6.18. The fraction of sp³-hybridized carbons (Fsp3) is 0.500. The summed E-state index contributed by atoms with van der Waals surface area (Å²) >= 11 is 6.87. The fourth-order valence-corrected chi connectivity index (χ4v) is 6.76. The summed E-state index contributed by atoms with van der Waals surface area (Å²) in [6.07, 6.45) is 8.89. The summed E-state index contributed by atoms with van der Waals surface area (Å²) < 4.78 is 2.16. The first-order valence-corrected chi connectivity index (χ1v) is 12.7. The first kappa shape index (κ1) is 21.6. The summed E-state index contributed by atoms with van der Waals surface area (Å²) in [4.78, 5) is 36.2. The number of thiocarbonyl (C=S) groups is 1. The van der Waals surface area contributed by atoms with Gasteiger partial charge in [0.1, 0.15) is 15.8 Å². The quantitative estimate of drug-likeness (QED) is 0.494. The number of thioether (sulfide) groups is 1. The topological polar surface area (TPSA) is 57.9 Å². The second-order valence-corrected chi connectivity index (χ2v) is 11.1. The SMILES string of the molecule is C[C@@H]1C[C@H](C)CN(c2nc3ccccn3c(=O)c2/C=C2\SC(=S)N(C3CCCC3)C2=O)C1. The molecule has 2 atom stereocenters. The van der Waals surface area contributed by atoms with E-state index in [1.54, 1.807) is 21.6 Å². The Bertz CT molecular complexity index is 1160. The fourth-order valence-electron chi connectivity index (χ4n) is 5.38. The van der Waals surface area contributed by atoms with Gasteiger partial charge in [0, 0.05) is 25.3 Å². The highest BCUT2D eigenvalue weighted by atomic mass is 32.2. The van der Waals surface area contributed by atoms with E-state index in [4.69, 9.17) is 17.2 Å². The zero-order chi connectivity index (χ0) is 22.4. The smallest absolute Gasteiger partial charge is 0.267 e. The molecule has 8 heteroatoms. The van der Waals surface area contributed by atoms with Crippen LogP contribution in [0.25, 0.3) is 11.7 Å². The Morgan fingerprint density at radius 2 is 1.84 bits per heavy atom. The zero-order valence-electron chi connectivity index (χ0n) is 18.5. The number of nitrogens with zero attached hydrogens (tertiary/aromatic N) is 4. The summed E-state index contributed by atoms with van der Waals surface area (Å²) in [5.41, 5.74) is 0.943. The van der Waals surface area contributed by atoms with Crippen LogP contribution in [-0.2, 0) is 4.79 Å². The van der Waals surface area contributed by atoms with Gasteiger partial charge in [0.2, 0.25) is 0 Å². The molecule has 2 aromatic heterocycles. The van der Waals surface area contributed by atoms with Crippen molar-refractivity contribution in [3.8, 4) is 0 Å². The molecule has 3 fully saturated rings. The second-order valence-electron chi connectivity index (χ2n) is 9.42. The van der Waals surface area contributed by atoms with Crippen LogP contribution >= 0.6 is 24.0 Å².